The van der Waals surface area contributed by atoms with Crippen molar-refractivity contribution in [3.05, 3.63) is 356 Å². The lowest BCUT2D eigenvalue weighted by Crippen LogP contribution is -2.27. The zero-order chi connectivity index (χ0) is 66.5. The van der Waals surface area contributed by atoms with Crippen LogP contribution in [0.5, 0.6) is 5.75 Å². The molecule has 0 aromatic heterocycles. The highest BCUT2D eigenvalue weighted by atomic mass is 31.1. The fourth-order valence-corrected chi connectivity index (χ4v) is 18.7. The van der Waals surface area contributed by atoms with Crippen molar-refractivity contribution in [2.75, 3.05) is 13.2 Å². The van der Waals surface area contributed by atoms with Crippen LogP contribution < -0.4 is 52.5 Å². The molecular formula is C86H88BF2O3P3. The fourth-order valence-electron chi connectivity index (χ4n) is 11.8. The Morgan fingerprint density at radius 3 is 1.01 bits per heavy atom. The molecule has 0 saturated heterocycles. The van der Waals surface area contributed by atoms with E-state index in [9.17, 15) is 8.78 Å². The Morgan fingerprint density at radius 1 is 0.432 bits per heavy atom. The number of rotatable bonds is 20. The molecule has 482 valence electrons. The zero-order valence-electron chi connectivity index (χ0n) is 55.3. The molecule has 0 unspecified atom stereocenters. The summed E-state index contributed by atoms with van der Waals surface area (Å²) >= 11 is 0. The topological polar surface area (TPSA) is 27.7 Å². The molecular weight excluding hydrogens is 1220 g/mol. The van der Waals surface area contributed by atoms with Crippen LogP contribution in [0.4, 0.5) is 8.78 Å². The average Bonchev–Trinajstić information content (AvgIpc) is 1.64. The first-order valence-electron chi connectivity index (χ1n) is 33.2. The third-order valence-corrected chi connectivity index (χ3v) is 23.7. The van der Waals surface area contributed by atoms with E-state index in [1.165, 1.54) is 47.7 Å². The summed E-state index contributed by atoms with van der Waals surface area (Å²) in [4.78, 5) is 0. The Balaban J connectivity index is 0.000000142. The number of halogens is 2. The quantitative estimate of drug-likeness (QED) is 0.0432. The summed E-state index contributed by atoms with van der Waals surface area (Å²) in [7, 11) is -1.55. The number of alkyl halides is 2. The number of hydrogen-bond acceptors (Lipinski definition) is 3. The summed E-state index contributed by atoms with van der Waals surface area (Å²) in [6.45, 7) is 17.4. The van der Waals surface area contributed by atoms with Gasteiger partial charge in [0.05, 0.1) is 0 Å². The van der Waals surface area contributed by atoms with Crippen molar-refractivity contribution in [2.45, 2.75) is 84.2 Å². The predicted octanol–water partition coefficient (Wildman–Crippen LogP) is 19.4. The van der Waals surface area contributed by atoms with Crippen LogP contribution in [0.1, 0.15) is 92.2 Å². The molecule has 1 aliphatic heterocycles. The number of aryl methyl sites for hydroxylation is 2. The zero-order valence-corrected chi connectivity index (χ0v) is 58.0. The minimum absolute atomic E-state index is 0.101. The summed E-state index contributed by atoms with van der Waals surface area (Å²) in [5.41, 5.74) is 4.98. The lowest BCUT2D eigenvalue weighted by molar-refractivity contribution is -0.00232. The van der Waals surface area contributed by atoms with Crippen molar-refractivity contribution >= 4 is 84.7 Å². The van der Waals surface area contributed by atoms with Crippen LogP contribution in [0.25, 0.3) is 6.08 Å². The Morgan fingerprint density at radius 2 is 0.737 bits per heavy atom. The molecule has 0 N–H and O–H groups in total. The molecule has 1 aliphatic carbocycles. The summed E-state index contributed by atoms with van der Waals surface area (Å²) in [5.74, 6) is -0.578. The second-order valence-electron chi connectivity index (χ2n) is 23.5. The molecule has 11 aromatic rings. The van der Waals surface area contributed by atoms with Crippen molar-refractivity contribution in [3.63, 3.8) is 0 Å². The molecule has 9 heteroatoms. The van der Waals surface area contributed by atoms with Gasteiger partial charge >= 0.3 is 7.12 Å². The van der Waals surface area contributed by atoms with Crippen molar-refractivity contribution in [3.8, 4) is 5.75 Å². The molecule has 11 aromatic carbocycles. The van der Waals surface area contributed by atoms with Gasteiger partial charge in [0.15, 0.2) is 0 Å². The second kappa shape index (κ2) is 37.8. The molecule has 2 aliphatic rings. The van der Waals surface area contributed by atoms with E-state index in [4.69, 9.17) is 14.0 Å². The van der Waals surface area contributed by atoms with Gasteiger partial charge < -0.3 is 14.0 Å². The van der Waals surface area contributed by atoms with Gasteiger partial charge in [-0.15, -0.1) is 6.58 Å². The fraction of sp³-hybridized carbons (Fsp3) is 0.186. The highest BCUT2D eigenvalue weighted by Gasteiger charge is 2.53. The molecule has 0 bridgehead atoms. The summed E-state index contributed by atoms with van der Waals surface area (Å²) in [6.07, 6.45) is 5.67. The smallest absolute Gasteiger partial charge is 0.484 e. The number of unbranched alkanes of at least 4 members (excludes halogenated alkanes) is 2. The van der Waals surface area contributed by atoms with Gasteiger partial charge in [0, 0.05) is 43.5 Å². The molecule has 0 amide bonds. The molecule has 1 fully saturated rings. The van der Waals surface area contributed by atoms with Gasteiger partial charge in [-0.05, 0) is 121 Å². The lowest BCUT2D eigenvalue weighted by atomic mass is 9.79. The van der Waals surface area contributed by atoms with Crippen LogP contribution in [0.15, 0.2) is 329 Å². The molecule has 0 spiro atoms. The maximum Gasteiger partial charge on any atom is 0.485 e. The number of ether oxygens (including phenoxy) is 1. The molecule has 3 atom stereocenters. The van der Waals surface area contributed by atoms with Crippen LogP contribution in [0.2, 0.25) is 0 Å². The van der Waals surface area contributed by atoms with Gasteiger partial charge in [-0.3, -0.25) is 0 Å². The van der Waals surface area contributed by atoms with Crippen LogP contribution in [-0.2, 0) is 9.31 Å². The third kappa shape index (κ3) is 20.9. The van der Waals surface area contributed by atoms with Gasteiger partial charge in [-0.2, -0.15) is 0 Å². The molecule has 13 rings (SSSR count). The number of fused-ring (bicyclic) bond motifs is 3. The highest BCUT2D eigenvalue weighted by Crippen LogP contribution is 2.59. The molecule has 0 radical (unpaired) electrons. The van der Waals surface area contributed by atoms with E-state index >= 15 is 0 Å². The number of hydrogen-bond donors (Lipinski definition) is 0. The van der Waals surface area contributed by atoms with Crippen molar-refractivity contribution < 1.29 is 22.8 Å². The number of benzene rings is 11. The average molecular weight is 1310 g/mol. The van der Waals surface area contributed by atoms with Gasteiger partial charge in [0.25, 0.3) is 0 Å². The van der Waals surface area contributed by atoms with Crippen LogP contribution >= 0.6 is 23.8 Å². The SMILES string of the molecule is C=CB(OCCCC)OCCCC.C=Cc1cc(C)cc2c1O[C@H](c1ccc(C)cc1)[C@@H]1CC(F)(F)C[C@H]21.c1ccc(P(c2ccccc2)c2ccccc2)cc1.c1ccc(P(c2ccccc2)c2ccccc2)cc1.c1ccc(P(c2ccccc2)c2ccccc2)cc1. The Kier molecular flexibility index (Phi) is 28.3. The van der Waals surface area contributed by atoms with E-state index in [-0.39, 0.29) is 37.9 Å². The van der Waals surface area contributed by atoms with E-state index in [1.54, 1.807) is 12.1 Å². The summed E-state index contributed by atoms with van der Waals surface area (Å²) in [5, 5.41) is 12.6. The first-order valence-corrected chi connectivity index (χ1v) is 37.2. The molecule has 1 heterocycles. The Labute approximate surface area is 569 Å². The van der Waals surface area contributed by atoms with Crippen molar-refractivity contribution in [1.29, 1.82) is 0 Å². The highest BCUT2D eigenvalue weighted by molar-refractivity contribution is 7.80. The van der Waals surface area contributed by atoms with Crippen LogP contribution in [0, 0.1) is 19.8 Å². The van der Waals surface area contributed by atoms with E-state index in [0.29, 0.717) is 0 Å². The van der Waals surface area contributed by atoms with Gasteiger partial charge in [0.1, 0.15) is 11.9 Å². The molecule has 1 saturated carbocycles. The standard InChI is InChI=1S/C22H22F2O.3C18H15P.C10H21BO2/c1-4-15-9-14(3)10-17-18-11-22(23,24)12-19(18)21(25-20(15)17)16-7-5-13(2)6-8-16;3*1-4-10-16(11-5-1)19(17-12-6-2-7-13-17)18-14-8-3-9-15-18;1-4-7-9-12-11(6-3)13-10-8-5-2/h4-10,18-19,21H,1,11-12H2,2-3H3;3*1-15H;6H,3-5,7-10H2,1-2H3/t18-,19-,21-;;;;/m1..../s1. The maximum atomic E-state index is 14.3. The van der Waals surface area contributed by atoms with Gasteiger partial charge in [-0.1, -0.05) is 354 Å². The molecule has 95 heavy (non-hydrogen) atoms. The minimum atomic E-state index is -2.64. The van der Waals surface area contributed by atoms with E-state index in [1.807, 2.05) is 50.2 Å². The van der Waals surface area contributed by atoms with Crippen molar-refractivity contribution in [2.24, 2.45) is 5.92 Å². The van der Waals surface area contributed by atoms with Crippen LogP contribution in [0.3, 0.4) is 0 Å². The van der Waals surface area contributed by atoms with Crippen molar-refractivity contribution in [1.82, 2.24) is 0 Å². The van der Waals surface area contributed by atoms with Gasteiger partial charge in [-0.25, -0.2) is 8.78 Å². The van der Waals surface area contributed by atoms with E-state index < -0.39 is 29.7 Å². The first-order chi connectivity index (χ1) is 46.6. The third-order valence-electron chi connectivity index (χ3n) is 16.4. The summed E-state index contributed by atoms with van der Waals surface area (Å²) in [6, 6.07) is 109. The van der Waals surface area contributed by atoms with E-state index in [2.05, 4.69) is 300 Å². The maximum absolute atomic E-state index is 14.3. The van der Waals surface area contributed by atoms with Crippen LogP contribution in [-0.4, -0.2) is 26.3 Å². The predicted molar refractivity (Wildman–Crippen MR) is 409 cm³/mol. The summed E-state index contributed by atoms with van der Waals surface area (Å²) < 4.78 is 45.8. The first kappa shape index (κ1) is 71.1. The Bertz CT molecular complexity index is 3380. The monoisotopic (exact) mass is 1310 g/mol. The van der Waals surface area contributed by atoms with E-state index in [0.717, 1.165) is 72.5 Å². The van der Waals surface area contributed by atoms with Gasteiger partial charge in [0.2, 0.25) is 5.92 Å². The largest absolute Gasteiger partial charge is 0.485 e. The lowest BCUT2D eigenvalue weighted by Gasteiger charge is -2.37. The minimum Gasteiger partial charge on any atom is -0.484 e. The molecule has 3 nitrogen and oxygen atoms in total. The Hall–Kier alpha value is -8.17. The normalized spacial score (nSPS) is 14.7. The second-order valence-corrected chi connectivity index (χ2v) is 30.2.